The fourth-order valence-electron chi connectivity index (χ4n) is 3.07. The number of hydrogen-bond donors (Lipinski definition) is 1. The van der Waals surface area contributed by atoms with Crippen LogP contribution < -0.4 is 10.9 Å². The Balaban J connectivity index is 1.95. The van der Waals surface area contributed by atoms with Crippen LogP contribution in [0.1, 0.15) is 48.7 Å². The van der Waals surface area contributed by atoms with Crippen molar-refractivity contribution in [3.05, 3.63) is 70.1 Å². The van der Waals surface area contributed by atoms with Gasteiger partial charge < -0.3 is 5.32 Å². The second-order valence-electron chi connectivity index (χ2n) is 6.80. The monoisotopic (exact) mass is 363 g/mol. The van der Waals surface area contributed by atoms with Crippen molar-refractivity contribution in [3.63, 3.8) is 0 Å². The maximum atomic E-state index is 12.9. The number of unbranched alkanes of at least 4 members (excludes halogenated alkanes) is 3. The van der Waals surface area contributed by atoms with Gasteiger partial charge in [0.2, 0.25) is 0 Å². The van der Waals surface area contributed by atoms with Crippen molar-refractivity contribution >= 4 is 22.4 Å². The van der Waals surface area contributed by atoms with Gasteiger partial charge in [0.15, 0.2) is 5.69 Å². The average molecular weight is 363 g/mol. The molecule has 3 rings (SSSR count). The lowest BCUT2D eigenvalue weighted by molar-refractivity contribution is 0.102. The molecule has 5 heteroatoms. The van der Waals surface area contributed by atoms with Gasteiger partial charge in [-0.1, -0.05) is 62.1 Å². The number of hydrogen-bond acceptors (Lipinski definition) is 3. The number of anilines is 1. The Morgan fingerprint density at radius 3 is 2.41 bits per heavy atom. The molecule has 1 aromatic heterocycles. The molecule has 140 valence electrons. The predicted octanol–water partition coefficient (Wildman–Crippen LogP) is 4.54. The van der Waals surface area contributed by atoms with E-state index in [1.54, 1.807) is 12.1 Å². The van der Waals surface area contributed by atoms with E-state index in [9.17, 15) is 9.59 Å². The van der Waals surface area contributed by atoms with Gasteiger partial charge in [0.1, 0.15) is 0 Å². The molecule has 0 spiro atoms. The normalized spacial score (nSPS) is 10.9. The molecule has 1 N–H and O–H groups in total. The molecule has 27 heavy (non-hydrogen) atoms. The first-order valence-electron chi connectivity index (χ1n) is 9.48. The van der Waals surface area contributed by atoms with Crippen LogP contribution in [0.5, 0.6) is 0 Å². The Hall–Kier alpha value is -2.95. The topological polar surface area (TPSA) is 64.0 Å². The number of carbonyl (C=O) groups is 1. The smallest absolute Gasteiger partial charge is 0.276 e. The number of aromatic nitrogens is 2. The van der Waals surface area contributed by atoms with Crippen LogP contribution in [0.4, 0.5) is 5.69 Å². The molecular formula is C22H25N3O2. The molecule has 0 fully saturated rings. The van der Waals surface area contributed by atoms with E-state index in [2.05, 4.69) is 17.3 Å². The fraction of sp³-hybridized carbons (Fsp3) is 0.318. The molecule has 5 nitrogen and oxygen atoms in total. The van der Waals surface area contributed by atoms with E-state index in [0.717, 1.165) is 31.2 Å². The van der Waals surface area contributed by atoms with E-state index in [-0.39, 0.29) is 17.2 Å². The fourth-order valence-corrected chi connectivity index (χ4v) is 3.07. The number of fused-ring (bicyclic) bond motifs is 1. The van der Waals surface area contributed by atoms with E-state index in [1.165, 1.54) is 4.68 Å². The zero-order chi connectivity index (χ0) is 19.2. The van der Waals surface area contributed by atoms with Gasteiger partial charge in [0, 0.05) is 17.6 Å². The molecule has 2 aromatic carbocycles. The molecule has 0 aliphatic heterocycles. The third-order valence-corrected chi connectivity index (χ3v) is 4.62. The highest BCUT2D eigenvalue weighted by atomic mass is 16.2. The van der Waals surface area contributed by atoms with Gasteiger partial charge in [-0.25, -0.2) is 4.68 Å². The van der Waals surface area contributed by atoms with Crippen LogP contribution in [0.25, 0.3) is 10.8 Å². The van der Waals surface area contributed by atoms with E-state index in [0.29, 0.717) is 23.0 Å². The lowest BCUT2D eigenvalue weighted by atomic mass is 10.1. The highest BCUT2D eigenvalue weighted by Gasteiger charge is 2.16. The summed E-state index contributed by atoms with van der Waals surface area (Å²) >= 11 is 0. The first kappa shape index (κ1) is 18.8. The molecule has 1 amide bonds. The van der Waals surface area contributed by atoms with Crippen LogP contribution in [-0.4, -0.2) is 15.7 Å². The Morgan fingerprint density at radius 2 is 1.70 bits per heavy atom. The number of nitrogens with zero attached hydrogens (tertiary/aromatic N) is 2. The number of nitrogens with one attached hydrogen (secondary N) is 1. The summed E-state index contributed by atoms with van der Waals surface area (Å²) in [6.45, 7) is 4.66. The third kappa shape index (κ3) is 4.42. The molecule has 0 radical (unpaired) electrons. The molecule has 0 aliphatic rings. The first-order chi connectivity index (χ1) is 13.1. The van der Waals surface area contributed by atoms with E-state index < -0.39 is 0 Å². The van der Waals surface area contributed by atoms with Crippen molar-refractivity contribution in [2.24, 2.45) is 0 Å². The SMILES string of the molecule is CCCCCCn1nc(C(=O)Nc2ccc(C)cc2)c2ccccc2c1=O. The zero-order valence-corrected chi connectivity index (χ0v) is 15.9. The van der Waals surface area contributed by atoms with Crippen molar-refractivity contribution in [3.8, 4) is 0 Å². The Bertz CT molecular complexity index is 991. The molecule has 0 bridgehead atoms. The van der Waals surface area contributed by atoms with E-state index in [1.807, 2.05) is 43.3 Å². The maximum Gasteiger partial charge on any atom is 0.276 e. The highest BCUT2D eigenvalue weighted by molar-refractivity contribution is 6.11. The van der Waals surface area contributed by atoms with Crippen molar-refractivity contribution < 1.29 is 4.79 Å². The van der Waals surface area contributed by atoms with Crippen LogP contribution >= 0.6 is 0 Å². The van der Waals surface area contributed by atoms with Crippen LogP contribution in [0, 0.1) is 6.92 Å². The Kier molecular flexibility index (Phi) is 6.01. The number of aryl methyl sites for hydroxylation is 2. The summed E-state index contributed by atoms with van der Waals surface area (Å²) in [7, 11) is 0. The molecular weight excluding hydrogens is 338 g/mol. The minimum atomic E-state index is -0.308. The lowest BCUT2D eigenvalue weighted by Gasteiger charge is -2.11. The Labute approximate surface area is 159 Å². The Morgan fingerprint density at radius 1 is 1.00 bits per heavy atom. The van der Waals surface area contributed by atoms with Gasteiger partial charge in [-0.2, -0.15) is 5.10 Å². The van der Waals surface area contributed by atoms with Gasteiger partial charge in [0.05, 0.1) is 5.39 Å². The molecule has 3 aromatic rings. The van der Waals surface area contributed by atoms with Crippen molar-refractivity contribution in [2.45, 2.75) is 46.1 Å². The van der Waals surface area contributed by atoms with E-state index >= 15 is 0 Å². The standard InChI is InChI=1S/C22H25N3O2/c1-3-4-5-8-15-25-22(27)19-10-7-6-9-18(19)20(24-25)21(26)23-17-13-11-16(2)12-14-17/h6-7,9-14H,3-5,8,15H2,1-2H3,(H,23,26). The molecule has 0 saturated carbocycles. The lowest BCUT2D eigenvalue weighted by Crippen LogP contribution is -2.27. The van der Waals surface area contributed by atoms with Gasteiger partial charge in [-0.05, 0) is 31.5 Å². The quantitative estimate of drug-likeness (QED) is 0.627. The summed E-state index contributed by atoms with van der Waals surface area (Å²) in [5, 5.41) is 8.39. The summed E-state index contributed by atoms with van der Waals surface area (Å²) in [5.41, 5.74) is 1.96. The molecule has 0 unspecified atom stereocenters. The average Bonchev–Trinajstić information content (AvgIpc) is 2.68. The third-order valence-electron chi connectivity index (χ3n) is 4.62. The number of rotatable bonds is 7. The predicted molar refractivity (Wildman–Crippen MR) is 109 cm³/mol. The molecule has 0 atom stereocenters. The van der Waals surface area contributed by atoms with Crippen LogP contribution in [-0.2, 0) is 6.54 Å². The van der Waals surface area contributed by atoms with Crippen molar-refractivity contribution in [2.75, 3.05) is 5.32 Å². The summed E-state index contributed by atoms with van der Waals surface area (Å²) in [6, 6.07) is 14.8. The summed E-state index contributed by atoms with van der Waals surface area (Å²) < 4.78 is 1.43. The maximum absolute atomic E-state index is 12.9. The molecule has 0 aliphatic carbocycles. The second kappa shape index (κ2) is 8.62. The van der Waals surface area contributed by atoms with Crippen LogP contribution in [0.15, 0.2) is 53.3 Å². The minimum Gasteiger partial charge on any atom is -0.321 e. The van der Waals surface area contributed by atoms with Gasteiger partial charge in [-0.15, -0.1) is 0 Å². The molecule has 0 saturated heterocycles. The number of benzene rings is 2. The van der Waals surface area contributed by atoms with Crippen molar-refractivity contribution in [1.82, 2.24) is 9.78 Å². The van der Waals surface area contributed by atoms with Gasteiger partial charge in [-0.3, -0.25) is 9.59 Å². The summed E-state index contributed by atoms with van der Waals surface area (Å²) in [4.78, 5) is 25.6. The molecule has 1 heterocycles. The van der Waals surface area contributed by atoms with Gasteiger partial charge in [0.25, 0.3) is 11.5 Å². The second-order valence-corrected chi connectivity index (χ2v) is 6.80. The van der Waals surface area contributed by atoms with Crippen LogP contribution in [0.2, 0.25) is 0 Å². The first-order valence-corrected chi connectivity index (χ1v) is 9.48. The van der Waals surface area contributed by atoms with Crippen molar-refractivity contribution in [1.29, 1.82) is 0 Å². The largest absolute Gasteiger partial charge is 0.321 e. The van der Waals surface area contributed by atoms with E-state index in [4.69, 9.17) is 0 Å². The summed E-state index contributed by atoms with van der Waals surface area (Å²) in [6.07, 6.45) is 4.17. The summed E-state index contributed by atoms with van der Waals surface area (Å²) in [5.74, 6) is -0.308. The van der Waals surface area contributed by atoms with Gasteiger partial charge >= 0.3 is 0 Å². The zero-order valence-electron chi connectivity index (χ0n) is 15.9. The number of amides is 1. The van der Waals surface area contributed by atoms with Crippen LogP contribution in [0.3, 0.4) is 0 Å². The number of carbonyl (C=O) groups excluding carboxylic acids is 1. The minimum absolute atomic E-state index is 0.144. The highest BCUT2D eigenvalue weighted by Crippen LogP contribution is 2.16.